The van der Waals surface area contributed by atoms with Crippen LogP contribution in [0.25, 0.3) is 0 Å². The van der Waals surface area contributed by atoms with Gasteiger partial charge in [-0.25, -0.2) is 4.79 Å². The Balaban J connectivity index is 1.52. The van der Waals surface area contributed by atoms with Crippen LogP contribution < -0.4 is 19.8 Å². The van der Waals surface area contributed by atoms with Gasteiger partial charge in [-0.3, -0.25) is 14.8 Å². The van der Waals surface area contributed by atoms with E-state index < -0.39 is 12.0 Å². The number of methoxy groups -OCH3 is 1. The average molecular weight is 475 g/mol. The number of rotatable bonds is 9. The summed E-state index contributed by atoms with van der Waals surface area (Å²) in [7, 11) is 1.55. The second-order valence-electron chi connectivity index (χ2n) is 7.67. The van der Waals surface area contributed by atoms with E-state index in [1.165, 1.54) is 0 Å². The summed E-state index contributed by atoms with van der Waals surface area (Å²) < 4.78 is 16.4. The third kappa shape index (κ3) is 5.75. The zero-order valence-electron chi connectivity index (χ0n) is 19.5. The highest BCUT2D eigenvalue weighted by atomic mass is 16.5. The number of nitrogens with one attached hydrogen (secondary N) is 1. The van der Waals surface area contributed by atoms with Crippen molar-refractivity contribution in [2.75, 3.05) is 24.0 Å². The molecule has 1 aliphatic rings. The molecule has 1 unspecified atom stereocenters. The predicted octanol–water partition coefficient (Wildman–Crippen LogP) is 3.81. The highest BCUT2D eigenvalue weighted by Gasteiger charge is 2.37. The lowest BCUT2D eigenvalue weighted by Crippen LogP contribution is -2.38. The number of anilines is 2. The molecule has 0 saturated heterocycles. The van der Waals surface area contributed by atoms with E-state index in [0.717, 1.165) is 5.56 Å². The first kappa shape index (κ1) is 23.7. The summed E-state index contributed by atoms with van der Waals surface area (Å²) in [4.78, 5) is 29.7. The van der Waals surface area contributed by atoms with E-state index in [0.29, 0.717) is 29.5 Å². The van der Waals surface area contributed by atoms with Gasteiger partial charge < -0.3 is 19.5 Å². The lowest BCUT2D eigenvalue weighted by molar-refractivity contribution is -0.135. The van der Waals surface area contributed by atoms with Gasteiger partial charge in [-0.2, -0.15) is 5.10 Å². The van der Waals surface area contributed by atoms with Crippen molar-refractivity contribution in [2.45, 2.75) is 26.0 Å². The van der Waals surface area contributed by atoms with Crippen molar-refractivity contribution in [1.29, 1.82) is 0 Å². The molecule has 1 N–H and O–H groups in total. The molecule has 35 heavy (non-hydrogen) atoms. The highest BCUT2D eigenvalue weighted by molar-refractivity contribution is 6.38. The maximum absolute atomic E-state index is 13.3. The number of benzene rings is 2. The number of carbonyl (C=O) groups excluding carboxylic acids is 2. The molecular formula is C26H26N4O5. The average Bonchev–Trinajstić information content (AvgIpc) is 3.35. The van der Waals surface area contributed by atoms with Crippen molar-refractivity contribution in [3.05, 3.63) is 78.6 Å². The second kappa shape index (κ2) is 11.1. The zero-order chi connectivity index (χ0) is 24.6. The molecule has 180 valence electrons. The SMILES string of the molecule is CCOC(=O)C1=NN(c2ccccc2)C(C(=O)Nc2ccc(OC)c(OCc3cccnc3)c2)C1. The number of aromatic nitrogens is 1. The third-order valence-electron chi connectivity index (χ3n) is 5.29. The highest BCUT2D eigenvalue weighted by Crippen LogP contribution is 2.32. The Morgan fingerprint density at radius 3 is 2.63 bits per heavy atom. The fraction of sp³-hybridized carbons (Fsp3) is 0.231. The first-order chi connectivity index (χ1) is 17.1. The molecule has 1 amide bonds. The standard InChI is InChI=1S/C26H26N4O5/c1-3-34-26(32)21-15-22(30(29-21)20-9-5-4-6-10-20)25(31)28-19-11-12-23(33-2)24(14-19)35-17-18-8-7-13-27-16-18/h4-14,16,22H,3,15,17H2,1-2H3,(H,28,31). The minimum atomic E-state index is -0.723. The van der Waals surface area contributed by atoms with E-state index in [2.05, 4.69) is 15.4 Å². The number of para-hydroxylation sites is 1. The molecule has 1 atom stereocenters. The molecule has 0 radical (unpaired) electrons. The number of pyridine rings is 1. The lowest BCUT2D eigenvalue weighted by atomic mass is 10.1. The van der Waals surface area contributed by atoms with Gasteiger partial charge in [0.2, 0.25) is 5.91 Å². The maximum Gasteiger partial charge on any atom is 0.354 e. The van der Waals surface area contributed by atoms with Gasteiger partial charge in [-0.05, 0) is 37.3 Å². The molecule has 0 saturated carbocycles. The summed E-state index contributed by atoms with van der Waals surface area (Å²) in [6, 6.07) is 17.4. The van der Waals surface area contributed by atoms with Gasteiger partial charge in [0.1, 0.15) is 18.4 Å². The topological polar surface area (TPSA) is 102 Å². The van der Waals surface area contributed by atoms with Crippen LogP contribution in [0.2, 0.25) is 0 Å². The summed E-state index contributed by atoms with van der Waals surface area (Å²) in [5, 5.41) is 8.85. The number of hydrazone groups is 1. The Labute approximate surface area is 203 Å². The van der Waals surface area contributed by atoms with Crippen LogP contribution in [0.3, 0.4) is 0 Å². The molecule has 0 aliphatic carbocycles. The van der Waals surface area contributed by atoms with Gasteiger partial charge in [0.05, 0.1) is 19.4 Å². The first-order valence-corrected chi connectivity index (χ1v) is 11.2. The minimum absolute atomic E-state index is 0.125. The van der Waals surface area contributed by atoms with Crippen molar-refractivity contribution >= 4 is 29.0 Å². The summed E-state index contributed by atoms with van der Waals surface area (Å²) >= 11 is 0. The molecule has 1 aromatic heterocycles. The molecule has 9 nitrogen and oxygen atoms in total. The summed E-state index contributed by atoms with van der Waals surface area (Å²) in [6.07, 6.45) is 3.54. The lowest BCUT2D eigenvalue weighted by Gasteiger charge is -2.23. The molecule has 0 spiro atoms. The number of ether oxygens (including phenoxy) is 3. The monoisotopic (exact) mass is 474 g/mol. The van der Waals surface area contributed by atoms with E-state index in [1.807, 2.05) is 42.5 Å². The van der Waals surface area contributed by atoms with E-state index in [9.17, 15) is 9.59 Å². The molecule has 0 fully saturated rings. The molecule has 4 rings (SSSR count). The predicted molar refractivity (Wildman–Crippen MR) is 132 cm³/mol. The van der Waals surface area contributed by atoms with E-state index in [1.54, 1.807) is 49.6 Å². The zero-order valence-corrected chi connectivity index (χ0v) is 19.5. The second-order valence-corrected chi connectivity index (χ2v) is 7.67. The van der Waals surface area contributed by atoms with Crippen molar-refractivity contribution in [3.8, 4) is 11.5 Å². The number of nitrogens with zero attached hydrogens (tertiary/aromatic N) is 3. The number of esters is 1. The van der Waals surface area contributed by atoms with Gasteiger partial charge in [0, 0.05) is 36.1 Å². The fourth-order valence-electron chi connectivity index (χ4n) is 3.61. The summed E-state index contributed by atoms with van der Waals surface area (Å²) in [5.74, 6) is 0.162. The van der Waals surface area contributed by atoms with Gasteiger partial charge >= 0.3 is 5.97 Å². The molecule has 2 aromatic carbocycles. The molecule has 9 heteroatoms. The number of carbonyl (C=O) groups is 2. The quantitative estimate of drug-likeness (QED) is 0.471. The van der Waals surface area contributed by atoms with Gasteiger partial charge in [0.25, 0.3) is 0 Å². The first-order valence-electron chi connectivity index (χ1n) is 11.2. The molecule has 0 bridgehead atoms. The molecular weight excluding hydrogens is 448 g/mol. The Kier molecular flexibility index (Phi) is 7.57. The molecule has 2 heterocycles. The maximum atomic E-state index is 13.3. The van der Waals surface area contributed by atoms with Crippen molar-refractivity contribution < 1.29 is 23.8 Å². The van der Waals surface area contributed by atoms with Gasteiger partial charge in [-0.15, -0.1) is 0 Å². The smallest absolute Gasteiger partial charge is 0.354 e. The Morgan fingerprint density at radius 2 is 1.91 bits per heavy atom. The third-order valence-corrected chi connectivity index (χ3v) is 5.29. The Bertz CT molecular complexity index is 1200. The van der Waals surface area contributed by atoms with Crippen LogP contribution in [0.1, 0.15) is 18.9 Å². The summed E-state index contributed by atoms with van der Waals surface area (Å²) in [6.45, 7) is 2.25. The molecule has 1 aliphatic heterocycles. The van der Waals surface area contributed by atoms with E-state index >= 15 is 0 Å². The van der Waals surface area contributed by atoms with Crippen molar-refractivity contribution in [1.82, 2.24) is 4.98 Å². The fourth-order valence-corrected chi connectivity index (χ4v) is 3.61. The van der Waals surface area contributed by atoms with Crippen LogP contribution in [0, 0.1) is 0 Å². The van der Waals surface area contributed by atoms with E-state index in [-0.39, 0.29) is 24.6 Å². The van der Waals surface area contributed by atoms with Crippen LogP contribution in [0.4, 0.5) is 11.4 Å². The van der Waals surface area contributed by atoms with Gasteiger partial charge in [-0.1, -0.05) is 24.3 Å². The Morgan fingerprint density at radius 1 is 1.09 bits per heavy atom. The van der Waals surface area contributed by atoms with Crippen LogP contribution in [-0.2, 0) is 20.9 Å². The number of hydrogen-bond acceptors (Lipinski definition) is 8. The Hall–Kier alpha value is -4.40. The largest absolute Gasteiger partial charge is 0.493 e. The van der Waals surface area contributed by atoms with Crippen molar-refractivity contribution in [2.24, 2.45) is 5.10 Å². The normalized spacial score (nSPS) is 14.7. The van der Waals surface area contributed by atoms with Crippen LogP contribution >= 0.6 is 0 Å². The number of hydrogen-bond donors (Lipinski definition) is 1. The summed E-state index contributed by atoms with van der Waals surface area (Å²) in [5.41, 5.74) is 2.32. The van der Waals surface area contributed by atoms with E-state index in [4.69, 9.17) is 14.2 Å². The molecule has 3 aromatic rings. The van der Waals surface area contributed by atoms with Crippen LogP contribution in [0.5, 0.6) is 11.5 Å². The van der Waals surface area contributed by atoms with Crippen LogP contribution in [0.15, 0.2) is 78.2 Å². The number of amides is 1. The minimum Gasteiger partial charge on any atom is -0.493 e. The van der Waals surface area contributed by atoms with Crippen LogP contribution in [-0.4, -0.2) is 42.3 Å². The van der Waals surface area contributed by atoms with Crippen molar-refractivity contribution in [3.63, 3.8) is 0 Å². The van der Waals surface area contributed by atoms with Gasteiger partial charge in [0.15, 0.2) is 11.5 Å².